The lowest BCUT2D eigenvalue weighted by molar-refractivity contribution is 0.124. The minimum Gasteiger partial charge on any atom is -0.496 e. The predicted octanol–water partition coefficient (Wildman–Crippen LogP) is 1.65. The fourth-order valence-corrected chi connectivity index (χ4v) is 1.29. The number of nitrogens with two attached hydrogens (primary N) is 1. The maximum absolute atomic E-state index is 5.20. The summed E-state index contributed by atoms with van der Waals surface area (Å²) < 4.78 is 5.20. The van der Waals surface area contributed by atoms with Crippen LogP contribution in [-0.2, 0) is 17.9 Å². The van der Waals surface area contributed by atoms with Crippen molar-refractivity contribution < 1.29 is 9.57 Å². The van der Waals surface area contributed by atoms with Gasteiger partial charge < -0.3 is 4.74 Å². The van der Waals surface area contributed by atoms with Crippen LogP contribution in [0.4, 0.5) is 0 Å². The van der Waals surface area contributed by atoms with E-state index in [2.05, 4.69) is 11.8 Å². The van der Waals surface area contributed by atoms with Gasteiger partial charge in [-0.3, -0.25) is 4.84 Å². The summed E-state index contributed by atoms with van der Waals surface area (Å²) in [4.78, 5) is 4.56. The molecule has 0 spiro atoms. The minimum atomic E-state index is 0.441. The van der Waals surface area contributed by atoms with Gasteiger partial charge in [-0.1, -0.05) is 13.0 Å². The van der Waals surface area contributed by atoms with Crippen molar-refractivity contribution in [2.24, 2.45) is 5.90 Å². The Bertz CT molecular complexity index is 274. The minimum absolute atomic E-state index is 0.441. The molecule has 13 heavy (non-hydrogen) atoms. The lowest BCUT2D eigenvalue weighted by Crippen LogP contribution is -2.00. The lowest BCUT2D eigenvalue weighted by Gasteiger charge is -2.08. The van der Waals surface area contributed by atoms with E-state index in [0.717, 1.165) is 17.7 Å². The van der Waals surface area contributed by atoms with Gasteiger partial charge >= 0.3 is 0 Å². The van der Waals surface area contributed by atoms with E-state index in [0.29, 0.717) is 6.61 Å². The van der Waals surface area contributed by atoms with E-state index in [1.54, 1.807) is 7.11 Å². The molecule has 0 bridgehead atoms. The molecule has 3 nitrogen and oxygen atoms in total. The Balaban J connectivity index is 2.91. The van der Waals surface area contributed by atoms with Crippen molar-refractivity contribution in [2.75, 3.05) is 7.11 Å². The summed E-state index contributed by atoms with van der Waals surface area (Å²) in [6.45, 7) is 2.53. The zero-order valence-corrected chi connectivity index (χ0v) is 8.04. The van der Waals surface area contributed by atoms with Gasteiger partial charge in [-0.25, -0.2) is 5.90 Å². The molecule has 0 amide bonds. The molecule has 1 aromatic carbocycles. The highest BCUT2D eigenvalue weighted by Gasteiger charge is 2.01. The van der Waals surface area contributed by atoms with E-state index >= 15 is 0 Å². The van der Waals surface area contributed by atoms with Crippen LogP contribution in [0.15, 0.2) is 18.2 Å². The zero-order valence-electron chi connectivity index (χ0n) is 8.04. The Morgan fingerprint density at radius 1 is 1.38 bits per heavy atom. The fourth-order valence-electron chi connectivity index (χ4n) is 1.29. The molecule has 0 unspecified atom stereocenters. The molecular formula is C10H15NO2. The van der Waals surface area contributed by atoms with Crippen molar-refractivity contribution in [1.29, 1.82) is 0 Å². The van der Waals surface area contributed by atoms with Gasteiger partial charge in [-0.15, -0.1) is 0 Å². The van der Waals surface area contributed by atoms with Crippen LogP contribution in [0.5, 0.6) is 5.75 Å². The second-order valence-corrected chi connectivity index (χ2v) is 2.81. The molecular weight excluding hydrogens is 166 g/mol. The van der Waals surface area contributed by atoms with Crippen molar-refractivity contribution in [3.8, 4) is 5.75 Å². The molecule has 0 saturated heterocycles. The maximum atomic E-state index is 5.20. The summed E-state index contributed by atoms with van der Waals surface area (Å²) in [5.41, 5.74) is 2.25. The van der Waals surface area contributed by atoms with Gasteiger partial charge in [0.05, 0.1) is 13.7 Å². The summed E-state index contributed by atoms with van der Waals surface area (Å²) in [5.74, 6) is 5.91. The van der Waals surface area contributed by atoms with Crippen LogP contribution in [0.2, 0.25) is 0 Å². The Morgan fingerprint density at radius 3 is 2.69 bits per heavy atom. The number of rotatable bonds is 4. The first-order valence-electron chi connectivity index (χ1n) is 4.29. The average molecular weight is 181 g/mol. The summed E-state index contributed by atoms with van der Waals surface area (Å²) in [6, 6.07) is 5.93. The van der Waals surface area contributed by atoms with Crippen LogP contribution in [0.1, 0.15) is 18.1 Å². The molecule has 0 aliphatic carbocycles. The molecule has 0 heterocycles. The first-order chi connectivity index (χ1) is 6.31. The standard InChI is InChI=1S/C10H15NO2/c1-3-9-6-8(7-13-11)4-5-10(9)12-2/h4-6H,3,7,11H2,1-2H3. The first kappa shape index (κ1) is 10.0. The van der Waals surface area contributed by atoms with Crippen LogP contribution >= 0.6 is 0 Å². The number of methoxy groups -OCH3 is 1. The summed E-state index contributed by atoms with van der Waals surface area (Å²) in [5, 5.41) is 0. The molecule has 1 rings (SSSR count). The molecule has 2 N–H and O–H groups in total. The van der Waals surface area contributed by atoms with Crippen molar-refractivity contribution in [3.05, 3.63) is 29.3 Å². The van der Waals surface area contributed by atoms with E-state index in [1.165, 1.54) is 5.56 Å². The summed E-state index contributed by atoms with van der Waals surface area (Å²) in [6.07, 6.45) is 0.946. The molecule has 0 aromatic heterocycles. The fraction of sp³-hybridized carbons (Fsp3) is 0.400. The van der Waals surface area contributed by atoms with Crippen molar-refractivity contribution in [1.82, 2.24) is 0 Å². The van der Waals surface area contributed by atoms with Gasteiger partial charge in [0.15, 0.2) is 0 Å². The quantitative estimate of drug-likeness (QED) is 0.718. The smallest absolute Gasteiger partial charge is 0.122 e. The third-order valence-corrected chi connectivity index (χ3v) is 1.98. The van der Waals surface area contributed by atoms with Crippen LogP contribution in [0, 0.1) is 0 Å². The van der Waals surface area contributed by atoms with Crippen LogP contribution in [-0.4, -0.2) is 7.11 Å². The predicted molar refractivity (Wildman–Crippen MR) is 51.3 cm³/mol. The Labute approximate surface area is 78.4 Å². The second-order valence-electron chi connectivity index (χ2n) is 2.81. The van der Waals surface area contributed by atoms with Gasteiger partial charge in [0.2, 0.25) is 0 Å². The van der Waals surface area contributed by atoms with E-state index in [1.807, 2.05) is 18.2 Å². The molecule has 0 atom stereocenters. The Kier molecular flexibility index (Phi) is 3.73. The topological polar surface area (TPSA) is 44.5 Å². The molecule has 0 aliphatic heterocycles. The Hall–Kier alpha value is -1.06. The molecule has 0 aliphatic rings. The average Bonchev–Trinajstić information content (AvgIpc) is 2.18. The molecule has 72 valence electrons. The molecule has 0 fully saturated rings. The number of hydrogen-bond acceptors (Lipinski definition) is 3. The van der Waals surface area contributed by atoms with Crippen LogP contribution in [0.3, 0.4) is 0 Å². The molecule has 3 heteroatoms. The van der Waals surface area contributed by atoms with Gasteiger partial charge in [0, 0.05) is 0 Å². The SMILES string of the molecule is CCc1cc(CON)ccc1OC. The van der Waals surface area contributed by atoms with Crippen LogP contribution in [0.25, 0.3) is 0 Å². The highest BCUT2D eigenvalue weighted by molar-refractivity contribution is 5.37. The maximum Gasteiger partial charge on any atom is 0.122 e. The highest BCUT2D eigenvalue weighted by Crippen LogP contribution is 2.20. The van der Waals surface area contributed by atoms with E-state index < -0.39 is 0 Å². The van der Waals surface area contributed by atoms with Crippen molar-refractivity contribution >= 4 is 0 Å². The number of benzene rings is 1. The molecule has 0 radical (unpaired) electrons. The van der Waals surface area contributed by atoms with Crippen molar-refractivity contribution in [2.45, 2.75) is 20.0 Å². The molecule has 0 saturated carbocycles. The largest absolute Gasteiger partial charge is 0.496 e. The van der Waals surface area contributed by atoms with Gasteiger partial charge in [0.1, 0.15) is 5.75 Å². The van der Waals surface area contributed by atoms with Crippen LogP contribution < -0.4 is 10.6 Å². The second kappa shape index (κ2) is 4.84. The Morgan fingerprint density at radius 2 is 2.15 bits per heavy atom. The van der Waals surface area contributed by atoms with Crippen molar-refractivity contribution in [3.63, 3.8) is 0 Å². The third kappa shape index (κ3) is 2.44. The molecule has 1 aromatic rings. The monoisotopic (exact) mass is 181 g/mol. The van der Waals surface area contributed by atoms with Gasteiger partial charge in [0.25, 0.3) is 0 Å². The first-order valence-corrected chi connectivity index (χ1v) is 4.29. The number of hydrogen-bond donors (Lipinski definition) is 1. The van der Waals surface area contributed by atoms with Gasteiger partial charge in [-0.05, 0) is 29.7 Å². The highest BCUT2D eigenvalue weighted by atomic mass is 16.6. The number of ether oxygens (including phenoxy) is 1. The van der Waals surface area contributed by atoms with Gasteiger partial charge in [-0.2, -0.15) is 0 Å². The lowest BCUT2D eigenvalue weighted by atomic mass is 10.1. The number of aryl methyl sites for hydroxylation is 1. The third-order valence-electron chi connectivity index (χ3n) is 1.98. The summed E-state index contributed by atoms with van der Waals surface area (Å²) >= 11 is 0. The summed E-state index contributed by atoms with van der Waals surface area (Å²) in [7, 11) is 1.67. The van der Waals surface area contributed by atoms with E-state index in [-0.39, 0.29) is 0 Å². The van der Waals surface area contributed by atoms with E-state index in [9.17, 15) is 0 Å². The zero-order chi connectivity index (χ0) is 9.68. The normalized spacial score (nSPS) is 10.1. The van der Waals surface area contributed by atoms with E-state index in [4.69, 9.17) is 10.6 Å².